The summed E-state index contributed by atoms with van der Waals surface area (Å²) in [5.41, 5.74) is 2.11. The van der Waals surface area contributed by atoms with Gasteiger partial charge in [-0.25, -0.2) is 8.42 Å². The van der Waals surface area contributed by atoms with Gasteiger partial charge < -0.3 is 5.32 Å². The molecular weight excluding hydrogens is 222 g/mol. The molecule has 0 aromatic heterocycles. The molecule has 1 rings (SSSR count). The molecule has 0 amide bonds. The van der Waals surface area contributed by atoms with Gasteiger partial charge in [-0.2, -0.15) is 0 Å². The highest BCUT2D eigenvalue weighted by Gasteiger charge is 2.14. The number of hydrogen-bond donors (Lipinski definition) is 1. The maximum absolute atomic E-state index is 11.9. The van der Waals surface area contributed by atoms with E-state index in [1.807, 2.05) is 33.8 Å². The molecule has 0 heterocycles. The Balaban J connectivity index is 2.94. The molecule has 0 saturated carbocycles. The van der Waals surface area contributed by atoms with Crippen molar-refractivity contribution < 1.29 is 8.42 Å². The Morgan fingerprint density at radius 2 is 1.81 bits per heavy atom. The summed E-state index contributed by atoms with van der Waals surface area (Å²) in [5.74, 6) is -0.00678. The number of sulfone groups is 1. The van der Waals surface area contributed by atoms with Crippen LogP contribution in [0.2, 0.25) is 0 Å². The van der Waals surface area contributed by atoms with E-state index in [0.717, 1.165) is 11.1 Å². The second kappa shape index (κ2) is 4.97. The summed E-state index contributed by atoms with van der Waals surface area (Å²) in [7, 11) is -3.21. The third kappa shape index (κ3) is 3.32. The van der Waals surface area contributed by atoms with Crippen LogP contribution in [0.25, 0.3) is 0 Å². The van der Waals surface area contributed by atoms with Crippen molar-refractivity contribution in [3.05, 3.63) is 29.3 Å². The molecule has 0 aliphatic carbocycles. The molecular formula is C12H19NO2S. The summed E-state index contributed by atoms with van der Waals surface area (Å²) in [4.78, 5) is 0.392. The smallest absolute Gasteiger partial charge is 0.191 e. The topological polar surface area (TPSA) is 46.2 Å². The maximum atomic E-state index is 11.9. The number of nitrogens with one attached hydrogen (secondary N) is 1. The highest BCUT2D eigenvalue weighted by atomic mass is 32.2. The molecule has 0 aliphatic rings. The van der Waals surface area contributed by atoms with Crippen molar-refractivity contribution in [3.8, 4) is 0 Å². The van der Waals surface area contributed by atoms with Crippen LogP contribution in [0.4, 0.5) is 0 Å². The molecule has 0 aliphatic heterocycles. The van der Waals surface area contributed by atoms with Gasteiger partial charge in [0.05, 0.1) is 4.90 Å². The predicted molar refractivity (Wildman–Crippen MR) is 66.2 cm³/mol. The summed E-state index contributed by atoms with van der Waals surface area (Å²) in [6, 6.07) is 5.41. The molecule has 3 nitrogen and oxygen atoms in total. The van der Waals surface area contributed by atoms with E-state index in [2.05, 4.69) is 5.32 Å². The molecule has 0 bridgehead atoms. The van der Waals surface area contributed by atoms with E-state index in [4.69, 9.17) is 0 Å². The Hall–Kier alpha value is -0.870. The van der Waals surface area contributed by atoms with Crippen LogP contribution in [0.3, 0.4) is 0 Å². The fraction of sp³-hybridized carbons (Fsp3) is 0.500. The standard InChI is InChI=1S/C12H19NO2S/c1-9(2)13-8-16(14,15)12-6-5-10(3)11(4)7-12/h5-7,9,13H,8H2,1-4H3. The lowest BCUT2D eigenvalue weighted by molar-refractivity contribution is 0.573. The molecule has 0 unspecified atom stereocenters. The molecule has 4 heteroatoms. The van der Waals surface area contributed by atoms with E-state index in [9.17, 15) is 8.42 Å². The van der Waals surface area contributed by atoms with Crippen molar-refractivity contribution in [1.29, 1.82) is 0 Å². The van der Waals surface area contributed by atoms with Gasteiger partial charge in [0.25, 0.3) is 0 Å². The summed E-state index contributed by atoms with van der Waals surface area (Å²) in [6.45, 7) is 7.74. The van der Waals surface area contributed by atoms with E-state index >= 15 is 0 Å². The van der Waals surface area contributed by atoms with Crippen molar-refractivity contribution >= 4 is 9.84 Å². The zero-order valence-electron chi connectivity index (χ0n) is 10.2. The third-order valence-corrected chi connectivity index (χ3v) is 4.04. The molecule has 1 aromatic rings. The van der Waals surface area contributed by atoms with Gasteiger partial charge >= 0.3 is 0 Å². The van der Waals surface area contributed by atoms with Crippen molar-refractivity contribution in [2.24, 2.45) is 0 Å². The molecule has 0 fully saturated rings. The van der Waals surface area contributed by atoms with E-state index in [1.54, 1.807) is 12.1 Å². The van der Waals surface area contributed by atoms with Gasteiger partial charge in [-0.3, -0.25) is 0 Å². The second-order valence-electron chi connectivity index (χ2n) is 4.36. The van der Waals surface area contributed by atoms with Crippen LogP contribution < -0.4 is 5.32 Å². The Morgan fingerprint density at radius 1 is 1.19 bits per heavy atom. The molecule has 1 N–H and O–H groups in total. The van der Waals surface area contributed by atoms with E-state index in [-0.39, 0.29) is 11.9 Å². The van der Waals surface area contributed by atoms with E-state index in [0.29, 0.717) is 4.90 Å². The van der Waals surface area contributed by atoms with Crippen LogP contribution in [-0.2, 0) is 9.84 Å². The van der Waals surface area contributed by atoms with Crippen LogP contribution in [0.15, 0.2) is 23.1 Å². The number of benzene rings is 1. The zero-order valence-corrected chi connectivity index (χ0v) is 11.1. The molecule has 0 radical (unpaired) electrons. The molecule has 16 heavy (non-hydrogen) atoms. The molecule has 90 valence electrons. The third-order valence-electron chi connectivity index (χ3n) is 2.52. The molecule has 0 atom stereocenters. The zero-order chi connectivity index (χ0) is 12.3. The Labute approximate surface area is 97.8 Å². The lowest BCUT2D eigenvalue weighted by atomic mass is 10.1. The molecule has 1 aromatic carbocycles. The first-order valence-corrected chi connectivity index (χ1v) is 7.01. The van der Waals surface area contributed by atoms with Gasteiger partial charge in [0.2, 0.25) is 0 Å². The minimum absolute atomic E-state index is 0.00678. The minimum Gasteiger partial charge on any atom is -0.301 e. The van der Waals surface area contributed by atoms with Gasteiger partial charge in [0, 0.05) is 6.04 Å². The minimum atomic E-state index is -3.21. The molecule has 0 spiro atoms. The Bertz CT molecular complexity index is 464. The first-order chi connectivity index (χ1) is 7.33. The summed E-state index contributed by atoms with van der Waals surface area (Å²) < 4.78 is 23.9. The summed E-state index contributed by atoms with van der Waals surface area (Å²) >= 11 is 0. The van der Waals surface area contributed by atoms with Gasteiger partial charge in [-0.05, 0) is 51.0 Å². The van der Waals surface area contributed by atoms with Crippen LogP contribution in [0.1, 0.15) is 25.0 Å². The lowest BCUT2D eigenvalue weighted by Gasteiger charge is -2.10. The summed E-state index contributed by atoms with van der Waals surface area (Å²) in [6.07, 6.45) is 0. The van der Waals surface area contributed by atoms with Gasteiger partial charge in [-0.15, -0.1) is 0 Å². The monoisotopic (exact) mass is 241 g/mol. The van der Waals surface area contributed by atoms with Gasteiger partial charge in [0.15, 0.2) is 9.84 Å². The van der Waals surface area contributed by atoms with Crippen LogP contribution >= 0.6 is 0 Å². The largest absolute Gasteiger partial charge is 0.301 e. The number of hydrogen-bond acceptors (Lipinski definition) is 3. The second-order valence-corrected chi connectivity index (χ2v) is 6.35. The van der Waals surface area contributed by atoms with Crippen LogP contribution in [-0.4, -0.2) is 20.3 Å². The SMILES string of the molecule is Cc1ccc(S(=O)(=O)CNC(C)C)cc1C. The number of aryl methyl sites for hydroxylation is 2. The van der Waals surface area contributed by atoms with Gasteiger partial charge in [0.1, 0.15) is 5.88 Å². The van der Waals surface area contributed by atoms with Crippen molar-refractivity contribution in [3.63, 3.8) is 0 Å². The van der Waals surface area contributed by atoms with Crippen LogP contribution in [0, 0.1) is 13.8 Å². The Kier molecular flexibility index (Phi) is 4.10. The van der Waals surface area contributed by atoms with Crippen molar-refractivity contribution in [2.75, 3.05) is 5.88 Å². The maximum Gasteiger partial charge on any atom is 0.191 e. The fourth-order valence-electron chi connectivity index (χ4n) is 1.27. The van der Waals surface area contributed by atoms with Crippen molar-refractivity contribution in [1.82, 2.24) is 5.32 Å². The number of rotatable bonds is 4. The first kappa shape index (κ1) is 13.2. The highest BCUT2D eigenvalue weighted by molar-refractivity contribution is 7.91. The van der Waals surface area contributed by atoms with E-state index < -0.39 is 9.84 Å². The first-order valence-electron chi connectivity index (χ1n) is 5.36. The van der Waals surface area contributed by atoms with Crippen LogP contribution in [0.5, 0.6) is 0 Å². The average Bonchev–Trinajstić information content (AvgIpc) is 2.19. The quantitative estimate of drug-likeness (QED) is 0.877. The summed E-state index contributed by atoms with van der Waals surface area (Å²) in [5, 5.41) is 2.93. The highest BCUT2D eigenvalue weighted by Crippen LogP contribution is 2.15. The Morgan fingerprint density at radius 3 is 2.31 bits per heavy atom. The normalized spacial score (nSPS) is 12.1. The predicted octanol–water partition coefficient (Wildman–Crippen LogP) is 2.03. The lowest BCUT2D eigenvalue weighted by Crippen LogP contribution is -2.29. The van der Waals surface area contributed by atoms with E-state index in [1.165, 1.54) is 0 Å². The molecule has 0 saturated heterocycles. The average molecular weight is 241 g/mol. The fourth-order valence-corrected chi connectivity index (χ4v) is 2.62. The van der Waals surface area contributed by atoms with Crippen molar-refractivity contribution in [2.45, 2.75) is 38.6 Å². The van der Waals surface area contributed by atoms with Gasteiger partial charge in [-0.1, -0.05) is 6.07 Å².